The molecule has 22 heavy (non-hydrogen) atoms. The highest BCUT2D eigenvalue weighted by atomic mass is 16.5. The van der Waals surface area contributed by atoms with Crippen molar-refractivity contribution in [2.24, 2.45) is 0 Å². The SMILES string of the molecule is CCCCCCCCCCCCC[N+]1(C)CC(C)OC(C)C1. The van der Waals surface area contributed by atoms with E-state index in [0.717, 1.165) is 0 Å². The van der Waals surface area contributed by atoms with Gasteiger partial charge >= 0.3 is 0 Å². The van der Waals surface area contributed by atoms with Crippen LogP contribution in [-0.4, -0.2) is 43.4 Å². The minimum Gasteiger partial charge on any atom is -0.364 e. The maximum absolute atomic E-state index is 5.87. The van der Waals surface area contributed by atoms with Gasteiger partial charge in [0.15, 0.2) is 0 Å². The molecule has 2 nitrogen and oxygen atoms in total. The van der Waals surface area contributed by atoms with Crippen molar-refractivity contribution in [3.8, 4) is 0 Å². The molecule has 1 saturated heterocycles. The number of hydrogen-bond donors (Lipinski definition) is 0. The fourth-order valence-corrected chi connectivity index (χ4v) is 4.14. The molecule has 2 unspecified atom stereocenters. The molecule has 1 rings (SSSR count). The van der Waals surface area contributed by atoms with Crippen molar-refractivity contribution >= 4 is 0 Å². The largest absolute Gasteiger partial charge is 0.364 e. The quantitative estimate of drug-likeness (QED) is 0.339. The predicted octanol–water partition coefficient (Wildman–Crippen LogP) is 5.55. The van der Waals surface area contributed by atoms with Crippen molar-refractivity contribution in [2.75, 3.05) is 26.7 Å². The topological polar surface area (TPSA) is 9.23 Å². The average molecular weight is 313 g/mol. The Balaban J connectivity index is 1.92. The summed E-state index contributed by atoms with van der Waals surface area (Å²) in [6.07, 6.45) is 16.7. The Hall–Kier alpha value is -0.0800. The lowest BCUT2D eigenvalue weighted by Gasteiger charge is -2.43. The van der Waals surface area contributed by atoms with Crippen molar-refractivity contribution < 1.29 is 9.22 Å². The van der Waals surface area contributed by atoms with E-state index in [1.54, 1.807) is 0 Å². The van der Waals surface area contributed by atoms with E-state index >= 15 is 0 Å². The standard InChI is InChI=1S/C20H42NO/c1-5-6-7-8-9-10-11-12-13-14-15-16-21(4)17-19(2)22-20(3)18-21/h19-20H,5-18H2,1-4H3/q+1. The van der Waals surface area contributed by atoms with Gasteiger partial charge < -0.3 is 9.22 Å². The zero-order chi connectivity index (χ0) is 16.3. The first-order chi connectivity index (χ1) is 10.6. The van der Waals surface area contributed by atoms with Gasteiger partial charge in [0.05, 0.1) is 13.6 Å². The zero-order valence-electron chi connectivity index (χ0n) is 15.9. The van der Waals surface area contributed by atoms with Crippen LogP contribution in [0, 0.1) is 0 Å². The fraction of sp³-hybridized carbons (Fsp3) is 1.00. The third-order valence-electron chi connectivity index (χ3n) is 5.16. The summed E-state index contributed by atoms with van der Waals surface area (Å²) >= 11 is 0. The van der Waals surface area contributed by atoms with Crippen molar-refractivity contribution in [1.29, 1.82) is 0 Å². The molecule has 1 heterocycles. The minimum atomic E-state index is 0.432. The Labute approximate surface area is 140 Å². The normalized spacial score (nSPS) is 28.9. The molecule has 0 spiro atoms. The molecular formula is C20H42NO+. The van der Waals surface area contributed by atoms with Crippen LogP contribution in [0.2, 0.25) is 0 Å². The van der Waals surface area contributed by atoms with Gasteiger partial charge in [-0.25, -0.2) is 0 Å². The molecular weight excluding hydrogens is 270 g/mol. The number of unbranched alkanes of at least 4 members (excludes halogenated alkanes) is 10. The molecule has 1 fully saturated rings. The van der Waals surface area contributed by atoms with E-state index in [9.17, 15) is 0 Å². The number of likely N-dealkylation sites (N-methyl/N-ethyl adjacent to an activating group) is 1. The molecule has 0 radical (unpaired) electrons. The molecule has 0 aromatic heterocycles. The highest BCUT2D eigenvalue weighted by Crippen LogP contribution is 2.19. The Morgan fingerprint density at radius 3 is 1.59 bits per heavy atom. The van der Waals surface area contributed by atoms with Crippen LogP contribution in [0.15, 0.2) is 0 Å². The van der Waals surface area contributed by atoms with Crippen molar-refractivity contribution in [2.45, 2.75) is 104 Å². The highest BCUT2D eigenvalue weighted by molar-refractivity contribution is 4.62. The van der Waals surface area contributed by atoms with Gasteiger partial charge in [0.25, 0.3) is 0 Å². The molecule has 0 N–H and O–H groups in total. The van der Waals surface area contributed by atoms with Crippen molar-refractivity contribution in [1.82, 2.24) is 0 Å². The van der Waals surface area contributed by atoms with E-state index in [4.69, 9.17) is 4.74 Å². The molecule has 0 saturated carbocycles. The van der Waals surface area contributed by atoms with Gasteiger partial charge in [-0.05, 0) is 26.7 Å². The average Bonchev–Trinajstić information content (AvgIpc) is 2.43. The predicted molar refractivity (Wildman–Crippen MR) is 97.3 cm³/mol. The van der Waals surface area contributed by atoms with E-state index in [0.29, 0.717) is 12.2 Å². The Bertz CT molecular complexity index is 256. The molecule has 132 valence electrons. The molecule has 2 atom stereocenters. The number of ether oxygens (including phenoxy) is 1. The summed E-state index contributed by atoms with van der Waals surface area (Å²) in [7, 11) is 2.42. The molecule has 1 aliphatic heterocycles. The first-order valence-corrected chi connectivity index (χ1v) is 10.0. The van der Waals surface area contributed by atoms with Gasteiger partial charge in [-0.15, -0.1) is 0 Å². The lowest BCUT2D eigenvalue weighted by molar-refractivity contribution is -0.923. The first-order valence-electron chi connectivity index (χ1n) is 10.0. The van der Waals surface area contributed by atoms with Gasteiger partial charge in [-0.3, -0.25) is 0 Å². The fourth-order valence-electron chi connectivity index (χ4n) is 4.14. The second-order valence-corrected chi connectivity index (χ2v) is 8.00. The number of quaternary nitrogens is 1. The van der Waals surface area contributed by atoms with Gasteiger partial charge in [-0.2, -0.15) is 0 Å². The van der Waals surface area contributed by atoms with E-state index in [1.165, 1.54) is 94.7 Å². The van der Waals surface area contributed by atoms with Gasteiger partial charge in [0.1, 0.15) is 25.3 Å². The van der Waals surface area contributed by atoms with Gasteiger partial charge in [0.2, 0.25) is 0 Å². The number of morpholine rings is 1. The molecule has 1 aliphatic rings. The molecule has 0 aliphatic carbocycles. The van der Waals surface area contributed by atoms with E-state index in [-0.39, 0.29) is 0 Å². The molecule has 2 heteroatoms. The van der Waals surface area contributed by atoms with Crippen LogP contribution in [0.4, 0.5) is 0 Å². The summed E-state index contributed by atoms with van der Waals surface area (Å²) in [5.74, 6) is 0. The van der Waals surface area contributed by atoms with Crippen molar-refractivity contribution in [3.05, 3.63) is 0 Å². The minimum absolute atomic E-state index is 0.432. The Kier molecular flexibility index (Phi) is 10.4. The van der Waals surface area contributed by atoms with E-state index in [2.05, 4.69) is 27.8 Å². The summed E-state index contributed by atoms with van der Waals surface area (Å²) < 4.78 is 7.09. The third-order valence-corrected chi connectivity index (χ3v) is 5.16. The summed E-state index contributed by atoms with van der Waals surface area (Å²) in [5, 5.41) is 0. The third kappa shape index (κ3) is 9.15. The monoisotopic (exact) mass is 312 g/mol. The maximum Gasteiger partial charge on any atom is 0.105 e. The number of rotatable bonds is 12. The first kappa shape index (κ1) is 20.0. The Morgan fingerprint density at radius 2 is 1.14 bits per heavy atom. The zero-order valence-corrected chi connectivity index (χ0v) is 15.9. The van der Waals surface area contributed by atoms with E-state index < -0.39 is 0 Å². The summed E-state index contributed by atoms with van der Waals surface area (Å²) in [6, 6.07) is 0. The van der Waals surface area contributed by atoms with Gasteiger partial charge in [0, 0.05) is 0 Å². The highest BCUT2D eigenvalue weighted by Gasteiger charge is 2.33. The number of hydrogen-bond acceptors (Lipinski definition) is 1. The molecule has 0 bridgehead atoms. The van der Waals surface area contributed by atoms with Crippen LogP contribution >= 0.6 is 0 Å². The molecule has 0 amide bonds. The lowest BCUT2D eigenvalue weighted by Crippen LogP contribution is -2.57. The van der Waals surface area contributed by atoms with Crippen molar-refractivity contribution in [3.63, 3.8) is 0 Å². The summed E-state index contributed by atoms with van der Waals surface area (Å²) in [5.41, 5.74) is 0. The molecule has 0 aromatic carbocycles. The van der Waals surface area contributed by atoms with Crippen LogP contribution in [0.3, 0.4) is 0 Å². The van der Waals surface area contributed by atoms with Crippen LogP contribution in [0.5, 0.6) is 0 Å². The Morgan fingerprint density at radius 1 is 0.727 bits per heavy atom. The van der Waals surface area contributed by atoms with Crippen LogP contribution in [-0.2, 0) is 4.74 Å². The summed E-state index contributed by atoms with van der Waals surface area (Å²) in [4.78, 5) is 0. The maximum atomic E-state index is 5.87. The summed E-state index contributed by atoms with van der Waals surface area (Å²) in [6.45, 7) is 10.5. The van der Waals surface area contributed by atoms with E-state index in [1.807, 2.05) is 0 Å². The van der Waals surface area contributed by atoms with Crippen LogP contribution in [0.1, 0.15) is 91.4 Å². The van der Waals surface area contributed by atoms with Crippen LogP contribution < -0.4 is 0 Å². The smallest absolute Gasteiger partial charge is 0.105 e. The second-order valence-electron chi connectivity index (χ2n) is 8.00. The lowest BCUT2D eigenvalue weighted by atomic mass is 10.1. The molecule has 0 aromatic rings. The second kappa shape index (κ2) is 11.5. The van der Waals surface area contributed by atoms with Crippen LogP contribution in [0.25, 0.3) is 0 Å². The van der Waals surface area contributed by atoms with Gasteiger partial charge in [-0.1, -0.05) is 64.7 Å². The number of nitrogens with zero attached hydrogens (tertiary/aromatic N) is 1.